The fourth-order valence-corrected chi connectivity index (χ4v) is 3.79. The summed E-state index contributed by atoms with van der Waals surface area (Å²) < 4.78 is 2.24. The number of hydrogen-bond donors (Lipinski definition) is 0. The highest BCUT2D eigenvalue weighted by molar-refractivity contribution is 5.92. The van der Waals surface area contributed by atoms with Crippen molar-refractivity contribution >= 4 is 5.91 Å². The highest BCUT2D eigenvalue weighted by atomic mass is 16.2. The van der Waals surface area contributed by atoms with Crippen molar-refractivity contribution in [1.29, 1.82) is 0 Å². The van der Waals surface area contributed by atoms with E-state index in [2.05, 4.69) is 24.4 Å². The molecule has 1 unspecified atom stereocenters. The minimum absolute atomic E-state index is 0.0522. The lowest BCUT2D eigenvalue weighted by atomic mass is 10.1. The molecule has 2 aromatic rings. The van der Waals surface area contributed by atoms with Gasteiger partial charge in [0.1, 0.15) is 5.69 Å². The zero-order valence-electron chi connectivity index (χ0n) is 14.6. The maximum atomic E-state index is 12.9. The van der Waals surface area contributed by atoms with Gasteiger partial charge in [-0.1, -0.05) is 6.42 Å². The van der Waals surface area contributed by atoms with E-state index in [4.69, 9.17) is 0 Å². The molecular formula is C18H24N6O. The highest BCUT2D eigenvalue weighted by Crippen LogP contribution is 2.24. The standard InChI is InChI=1S/C18H24N6O/c1-14-7-21-17(9-20-14)18(25)23-11-15-8-19-13-24(15)16(12-23)10-22-5-3-2-4-6-22/h7-9,13,16H,2-6,10-12H2,1H3. The van der Waals surface area contributed by atoms with E-state index in [1.165, 1.54) is 19.3 Å². The average molecular weight is 340 g/mol. The molecule has 2 aromatic heterocycles. The highest BCUT2D eigenvalue weighted by Gasteiger charge is 2.30. The van der Waals surface area contributed by atoms with E-state index in [1.54, 1.807) is 12.4 Å². The van der Waals surface area contributed by atoms with Crippen molar-refractivity contribution in [1.82, 2.24) is 29.3 Å². The molecule has 4 rings (SSSR count). The number of imidazole rings is 1. The van der Waals surface area contributed by atoms with Crippen LogP contribution in [0.3, 0.4) is 0 Å². The minimum atomic E-state index is -0.0522. The van der Waals surface area contributed by atoms with Gasteiger partial charge in [0.2, 0.25) is 0 Å². The first-order valence-corrected chi connectivity index (χ1v) is 9.01. The molecule has 2 aliphatic rings. The molecule has 132 valence electrons. The Hall–Kier alpha value is -2.28. The fourth-order valence-electron chi connectivity index (χ4n) is 3.79. The van der Waals surface area contributed by atoms with Gasteiger partial charge >= 0.3 is 0 Å². The second kappa shape index (κ2) is 6.92. The summed E-state index contributed by atoms with van der Waals surface area (Å²) in [5.41, 5.74) is 2.31. The number of rotatable bonds is 3. The van der Waals surface area contributed by atoms with Gasteiger partial charge in [-0.05, 0) is 32.9 Å². The summed E-state index contributed by atoms with van der Waals surface area (Å²) in [5, 5.41) is 0. The molecule has 2 aliphatic heterocycles. The number of aryl methyl sites for hydroxylation is 1. The molecular weight excluding hydrogens is 316 g/mol. The van der Waals surface area contributed by atoms with Crippen molar-refractivity contribution in [3.63, 3.8) is 0 Å². The third-order valence-electron chi connectivity index (χ3n) is 5.13. The topological polar surface area (TPSA) is 67.2 Å². The van der Waals surface area contributed by atoms with Crippen molar-refractivity contribution in [3.8, 4) is 0 Å². The van der Waals surface area contributed by atoms with E-state index >= 15 is 0 Å². The number of hydrogen-bond acceptors (Lipinski definition) is 5. The minimum Gasteiger partial charge on any atom is -0.329 e. The van der Waals surface area contributed by atoms with Crippen molar-refractivity contribution in [2.45, 2.75) is 38.8 Å². The summed E-state index contributed by atoms with van der Waals surface area (Å²) in [6.45, 7) is 6.40. The molecule has 1 atom stereocenters. The summed E-state index contributed by atoms with van der Waals surface area (Å²) in [4.78, 5) is 30.0. The molecule has 7 nitrogen and oxygen atoms in total. The number of carbonyl (C=O) groups is 1. The summed E-state index contributed by atoms with van der Waals surface area (Å²) >= 11 is 0. The van der Waals surface area contributed by atoms with Crippen LogP contribution in [0.25, 0.3) is 0 Å². The normalized spacial score (nSPS) is 21.2. The van der Waals surface area contributed by atoms with E-state index in [0.717, 1.165) is 31.0 Å². The number of carbonyl (C=O) groups excluding carboxylic acids is 1. The molecule has 1 fully saturated rings. The first-order valence-electron chi connectivity index (χ1n) is 9.01. The van der Waals surface area contributed by atoms with Crippen LogP contribution in [-0.2, 0) is 6.54 Å². The maximum absolute atomic E-state index is 12.9. The lowest BCUT2D eigenvalue weighted by Gasteiger charge is -2.38. The largest absolute Gasteiger partial charge is 0.329 e. The summed E-state index contributed by atoms with van der Waals surface area (Å²) in [6, 6.07) is 0.242. The Bertz CT molecular complexity index is 734. The third-order valence-corrected chi connectivity index (χ3v) is 5.13. The van der Waals surface area contributed by atoms with Gasteiger partial charge in [-0.3, -0.25) is 9.78 Å². The van der Waals surface area contributed by atoms with E-state index in [9.17, 15) is 4.79 Å². The lowest BCUT2D eigenvalue weighted by Crippen LogP contribution is -2.45. The molecule has 0 saturated carbocycles. The molecule has 0 bridgehead atoms. The van der Waals surface area contributed by atoms with Crippen LogP contribution in [-0.4, -0.2) is 61.4 Å². The van der Waals surface area contributed by atoms with Gasteiger partial charge in [0.25, 0.3) is 5.91 Å². The Morgan fingerprint density at radius 2 is 2.00 bits per heavy atom. The predicted octanol–water partition coefficient (Wildman–Crippen LogP) is 1.66. The molecule has 7 heteroatoms. The number of nitrogens with zero attached hydrogens (tertiary/aromatic N) is 6. The van der Waals surface area contributed by atoms with Gasteiger partial charge < -0.3 is 14.4 Å². The first-order chi connectivity index (χ1) is 12.2. The number of amides is 1. The summed E-state index contributed by atoms with van der Waals surface area (Å²) in [5.74, 6) is -0.0522. The van der Waals surface area contributed by atoms with Gasteiger partial charge in [-0.15, -0.1) is 0 Å². The van der Waals surface area contributed by atoms with Crippen molar-refractivity contribution in [2.75, 3.05) is 26.2 Å². The Balaban J connectivity index is 1.52. The molecule has 0 spiro atoms. The Morgan fingerprint density at radius 3 is 2.76 bits per heavy atom. The molecule has 1 amide bonds. The quantitative estimate of drug-likeness (QED) is 0.850. The molecule has 1 saturated heterocycles. The fraction of sp³-hybridized carbons (Fsp3) is 0.556. The number of fused-ring (bicyclic) bond motifs is 1. The first kappa shape index (κ1) is 16.2. The predicted molar refractivity (Wildman–Crippen MR) is 93.1 cm³/mol. The van der Waals surface area contributed by atoms with Crippen LogP contribution in [0.1, 0.15) is 47.2 Å². The van der Waals surface area contributed by atoms with Crippen molar-refractivity contribution < 1.29 is 4.79 Å². The molecule has 0 aromatic carbocycles. The monoisotopic (exact) mass is 340 g/mol. The third kappa shape index (κ3) is 3.42. The molecule has 25 heavy (non-hydrogen) atoms. The molecule has 0 radical (unpaired) electrons. The van der Waals surface area contributed by atoms with Gasteiger partial charge in [-0.25, -0.2) is 9.97 Å². The van der Waals surface area contributed by atoms with Crippen LogP contribution in [0.2, 0.25) is 0 Å². The summed E-state index contributed by atoms with van der Waals surface area (Å²) in [7, 11) is 0. The number of piperidine rings is 1. The molecule has 4 heterocycles. The van der Waals surface area contributed by atoms with Crippen molar-refractivity contribution in [2.24, 2.45) is 0 Å². The average Bonchev–Trinajstić information content (AvgIpc) is 3.11. The van der Waals surface area contributed by atoms with Crippen molar-refractivity contribution in [3.05, 3.63) is 42.0 Å². The summed E-state index contributed by atoms with van der Waals surface area (Å²) in [6.07, 6.45) is 10.8. The van der Waals surface area contributed by atoms with Crippen LogP contribution in [0.15, 0.2) is 24.9 Å². The second-order valence-electron chi connectivity index (χ2n) is 7.04. The second-order valence-corrected chi connectivity index (χ2v) is 7.04. The Morgan fingerprint density at radius 1 is 1.16 bits per heavy atom. The molecule has 0 aliphatic carbocycles. The van der Waals surface area contributed by atoms with E-state index in [0.29, 0.717) is 18.8 Å². The molecule has 0 N–H and O–H groups in total. The Kier molecular flexibility index (Phi) is 4.48. The zero-order valence-corrected chi connectivity index (χ0v) is 14.6. The van der Waals surface area contributed by atoms with Gasteiger partial charge in [0, 0.05) is 25.5 Å². The SMILES string of the molecule is Cc1cnc(C(=O)N2Cc3cncn3C(CN3CCCCC3)C2)cn1. The smallest absolute Gasteiger partial charge is 0.274 e. The maximum Gasteiger partial charge on any atom is 0.274 e. The van der Waals surface area contributed by atoms with E-state index < -0.39 is 0 Å². The van der Waals surface area contributed by atoms with Crippen LogP contribution in [0, 0.1) is 6.92 Å². The number of aromatic nitrogens is 4. The van der Waals surface area contributed by atoms with Crippen LogP contribution in [0.5, 0.6) is 0 Å². The van der Waals surface area contributed by atoms with Gasteiger partial charge in [0.15, 0.2) is 0 Å². The Labute approximate surface area is 147 Å². The van der Waals surface area contributed by atoms with Gasteiger partial charge in [-0.2, -0.15) is 0 Å². The van der Waals surface area contributed by atoms with Gasteiger partial charge in [0.05, 0.1) is 36.5 Å². The van der Waals surface area contributed by atoms with E-state index in [1.807, 2.05) is 24.3 Å². The lowest BCUT2D eigenvalue weighted by molar-refractivity contribution is 0.0639. The van der Waals surface area contributed by atoms with Crippen LogP contribution < -0.4 is 0 Å². The van der Waals surface area contributed by atoms with E-state index in [-0.39, 0.29) is 11.9 Å². The number of likely N-dealkylation sites (tertiary alicyclic amines) is 1. The van der Waals surface area contributed by atoms with Crippen LogP contribution >= 0.6 is 0 Å². The van der Waals surface area contributed by atoms with Crippen LogP contribution in [0.4, 0.5) is 0 Å². The zero-order chi connectivity index (χ0) is 17.2.